The van der Waals surface area contributed by atoms with Crippen molar-refractivity contribution in [1.82, 2.24) is 15.5 Å². The van der Waals surface area contributed by atoms with Crippen LogP contribution in [0.15, 0.2) is 48.5 Å². The number of methoxy groups -OCH3 is 2. The molecular weight excluding hydrogens is 434 g/mol. The summed E-state index contributed by atoms with van der Waals surface area (Å²) in [5.74, 6) is 1.96. The van der Waals surface area contributed by atoms with Gasteiger partial charge in [0.2, 0.25) is 5.88 Å². The van der Waals surface area contributed by atoms with Crippen molar-refractivity contribution in [2.24, 2.45) is 0 Å². The molecule has 2 aromatic carbocycles. The Morgan fingerprint density at radius 2 is 1.79 bits per heavy atom. The molecule has 0 aliphatic carbocycles. The largest absolute Gasteiger partial charge is 0.497 e. The van der Waals surface area contributed by atoms with E-state index in [2.05, 4.69) is 39.6 Å². The quantitative estimate of drug-likeness (QED) is 0.468. The van der Waals surface area contributed by atoms with Crippen LogP contribution < -0.4 is 29.7 Å². The Kier molecular flexibility index (Phi) is 6.93. The minimum Gasteiger partial charge on any atom is -0.497 e. The fraction of sp³-hybridized carbons (Fsp3) is 0.360. The molecule has 9 heteroatoms. The molecule has 3 aromatic rings. The molecule has 1 saturated heterocycles. The lowest BCUT2D eigenvalue weighted by molar-refractivity contribution is 0.102. The predicted octanol–water partition coefficient (Wildman–Crippen LogP) is 3.45. The van der Waals surface area contributed by atoms with Crippen molar-refractivity contribution in [2.45, 2.75) is 26.0 Å². The molecule has 1 aromatic heterocycles. The van der Waals surface area contributed by atoms with E-state index in [1.165, 1.54) is 0 Å². The maximum Gasteiger partial charge on any atom is 0.256 e. The molecule has 9 nitrogen and oxygen atoms in total. The standard InChI is InChI=1S/C25H31N5O4/c1-25(2)16-30(10-9-26-25)19-7-5-18(6-8-19)24(31)27-22-14-23(29-28-22)34-15-17-11-20(32-3)13-21(12-17)33-4/h5-8,11-14,26H,9-10,15-16H2,1-4H3,(H2,27,28,29,31). The van der Waals surface area contributed by atoms with Gasteiger partial charge in [-0.05, 0) is 55.8 Å². The summed E-state index contributed by atoms with van der Waals surface area (Å²) in [5.41, 5.74) is 2.61. The number of piperazine rings is 1. The summed E-state index contributed by atoms with van der Waals surface area (Å²) in [4.78, 5) is 15.0. The zero-order valence-electron chi connectivity index (χ0n) is 20.0. The van der Waals surface area contributed by atoms with Crippen LogP contribution in [0.25, 0.3) is 0 Å². The highest BCUT2D eigenvalue weighted by molar-refractivity contribution is 6.04. The van der Waals surface area contributed by atoms with Crippen LogP contribution in [0.1, 0.15) is 29.8 Å². The van der Waals surface area contributed by atoms with Gasteiger partial charge in [0.25, 0.3) is 5.91 Å². The van der Waals surface area contributed by atoms with Crippen molar-refractivity contribution in [3.05, 3.63) is 59.7 Å². The summed E-state index contributed by atoms with van der Waals surface area (Å²) in [5, 5.41) is 13.2. The third kappa shape index (κ3) is 5.79. The molecule has 0 bridgehead atoms. The van der Waals surface area contributed by atoms with E-state index in [0.717, 1.165) is 30.9 Å². The first-order valence-corrected chi connectivity index (χ1v) is 11.2. The molecule has 0 radical (unpaired) electrons. The average Bonchev–Trinajstić information content (AvgIpc) is 3.29. The van der Waals surface area contributed by atoms with Gasteiger partial charge in [0, 0.05) is 48.6 Å². The molecular formula is C25H31N5O4. The molecule has 34 heavy (non-hydrogen) atoms. The Morgan fingerprint density at radius 3 is 2.44 bits per heavy atom. The minimum atomic E-state index is -0.222. The Bertz CT molecular complexity index is 1100. The number of aromatic amines is 1. The van der Waals surface area contributed by atoms with Gasteiger partial charge in [-0.3, -0.25) is 9.89 Å². The molecule has 0 atom stereocenters. The van der Waals surface area contributed by atoms with Gasteiger partial charge < -0.3 is 29.7 Å². The molecule has 3 N–H and O–H groups in total. The number of hydrogen-bond acceptors (Lipinski definition) is 7. The Morgan fingerprint density at radius 1 is 1.09 bits per heavy atom. The van der Waals surface area contributed by atoms with Crippen molar-refractivity contribution in [3.8, 4) is 17.4 Å². The van der Waals surface area contributed by atoms with Crippen LogP contribution in [0.2, 0.25) is 0 Å². The molecule has 180 valence electrons. The first kappa shape index (κ1) is 23.4. The van der Waals surface area contributed by atoms with Crippen molar-refractivity contribution < 1.29 is 19.0 Å². The number of benzene rings is 2. The number of ether oxygens (including phenoxy) is 3. The van der Waals surface area contributed by atoms with E-state index in [4.69, 9.17) is 14.2 Å². The summed E-state index contributed by atoms with van der Waals surface area (Å²) >= 11 is 0. The van der Waals surface area contributed by atoms with E-state index >= 15 is 0 Å². The van der Waals surface area contributed by atoms with Crippen LogP contribution >= 0.6 is 0 Å². The molecule has 1 fully saturated rings. The van der Waals surface area contributed by atoms with Crippen molar-refractivity contribution in [2.75, 3.05) is 44.1 Å². The number of carbonyl (C=O) groups excluding carboxylic acids is 1. The second-order valence-electron chi connectivity index (χ2n) is 8.86. The number of nitrogens with one attached hydrogen (secondary N) is 3. The summed E-state index contributed by atoms with van der Waals surface area (Å²) in [6.45, 7) is 7.45. The van der Waals surface area contributed by atoms with Crippen LogP contribution in [0.4, 0.5) is 11.5 Å². The van der Waals surface area contributed by atoms with Crippen LogP contribution in [0.3, 0.4) is 0 Å². The van der Waals surface area contributed by atoms with Gasteiger partial charge in [-0.2, -0.15) is 0 Å². The SMILES string of the molecule is COc1cc(COc2cc(NC(=O)c3ccc(N4CCNC(C)(C)C4)cc3)[nH]n2)cc(OC)c1. The molecule has 1 aliphatic rings. The molecule has 4 rings (SSSR count). The topological polar surface area (TPSA) is 101 Å². The zero-order chi connectivity index (χ0) is 24.1. The number of carbonyl (C=O) groups is 1. The molecule has 1 aliphatic heterocycles. The first-order chi connectivity index (χ1) is 16.3. The summed E-state index contributed by atoms with van der Waals surface area (Å²) in [7, 11) is 3.20. The van der Waals surface area contributed by atoms with Crippen molar-refractivity contribution in [1.29, 1.82) is 0 Å². The Balaban J connectivity index is 1.33. The van der Waals surface area contributed by atoms with Crippen molar-refractivity contribution >= 4 is 17.4 Å². The highest BCUT2D eigenvalue weighted by atomic mass is 16.5. The molecule has 0 spiro atoms. The first-order valence-electron chi connectivity index (χ1n) is 11.2. The number of H-pyrrole nitrogens is 1. The summed E-state index contributed by atoms with van der Waals surface area (Å²) < 4.78 is 16.3. The zero-order valence-corrected chi connectivity index (χ0v) is 20.0. The van der Waals surface area contributed by atoms with Crippen LogP contribution in [-0.4, -0.2) is 55.5 Å². The van der Waals surface area contributed by atoms with E-state index in [1.807, 2.05) is 36.4 Å². The number of hydrogen-bond donors (Lipinski definition) is 3. The molecule has 2 heterocycles. The highest BCUT2D eigenvalue weighted by Crippen LogP contribution is 2.24. The third-order valence-corrected chi connectivity index (χ3v) is 5.67. The number of rotatable bonds is 8. The Labute approximate surface area is 199 Å². The van der Waals surface area contributed by atoms with Gasteiger partial charge in [0.15, 0.2) is 0 Å². The lowest BCUT2D eigenvalue weighted by atomic mass is 10.0. The smallest absolute Gasteiger partial charge is 0.256 e. The predicted molar refractivity (Wildman–Crippen MR) is 131 cm³/mol. The summed E-state index contributed by atoms with van der Waals surface area (Å²) in [6, 6.07) is 14.8. The van der Waals surface area contributed by atoms with Crippen LogP contribution in [-0.2, 0) is 6.61 Å². The number of amides is 1. The van der Waals surface area contributed by atoms with E-state index in [0.29, 0.717) is 28.8 Å². The van der Waals surface area contributed by atoms with E-state index in [1.54, 1.807) is 26.4 Å². The number of nitrogens with zero attached hydrogens (tertiary/aromatic N) is 2. The highest BCUT2D eigenvalue weighted by Gasteiger charge is 2.25. The third-order valence-electron chi connectivity index (χ3n) is 5.67. The van der Waals surface area contributed by atoms with Crippen LogP contribution in [0, 0.1) is 0 Å². The van der Waals surface area contributed by atoms with E-state index in [9.17, 15) is 4.79 Å². The van der Waals surface area contributed by atoms with Gasteiger partial charge in [-0.25, -0.2) is 0 Å². The van der Waals surface area contributed by atoms with E-state index < -0.39 is 0 Å². The normalized spacial score (nSPS) is 15.0. The number of aromatic nitrogens is 2. The van der Waals surface area contributed by atoms with Crippen molar-refractivity contribution in [3.63, 3.8) is 0 Å². The maximum atomic E-state index is 12.7. The number of anilines is 2. The lowest BCUT2D eigenvalue weighted by Gasteiger charge is -2.40. The maximum absolute atomic E-state index is 12.7. The van der Waals surface area contributed by atoms with Gasteiger partial charge in [-0.15, -0.1) is 5.10 Å². The fourth-order valence-corrected chi connectivity index (χ4v) is 3.93. The minimum absolute atomic E-state index is 0.0628. The second kappa shape index (κ2) is 10.0. The van der Waals surface area contributed by atoms with Gasteiger partial charge >= 0.3 is 0 Å². The average molecular weight is 466 g/mol. The Hall–Kier alpha value is -3.72. The summed E-state index contributed by atoms with van der Waals surface area (Å²) in [6.07, 6.45) is 0. The molecule has 0 unspecified atom stereocenters. The monoisotopic (exact) mass is 465 g/mol. The van der Waals surface area contributed by atoms with Gasteiger partial charge in [-0.1, -0.05) is 0 Å². The molecule has 0 saturated carbocycles. The second-order valence-corrected chi connectivity index (χ2v) is 8.86. The van der Waals surface area contributed by atoms with Crippen LogP contribution in [0.5, 0.6) is 17.4 Å². The van der Waals surface area contributed by atoms with Gasteiger partial charge in [0.1, 0.15) is 23.9 Å². The van der Waals surface area contributed by atoms with Gasteiger partial charge in [0.05, 0.1) is 14.2 Å². The molecule has 1 amide bonds. The fourth-order valence-electron chi connectivity index (χ4n) is 3.93. The lowest BCUT2D eigenvalue weighted by Crippen LogP contribution is -2.57. The van der Waals surface area contributed by atoms with E-state index in [-0.39, 0.29) is 18.1 Å².